The molecule has 0 atom stereocenters. The SMILES string of the molecule is NOB(O)c1ccc(N(c2ccc(-c3ccccc3)cc2)c2ccc(-c3ccccc3)cc2)cc1. The predicted molar refractivity (Wildman–Crippen MR) is 145 cm³/mol. The Labute approximate surface area is 206 Å². The van der Waals surface area contributed by atoms with Crippen LogP contribution in [-0.4, -0.2) is 12.1 Å². The number of rotatable bonds is 7. The van der Waals surface area contributed by atoms with Gasteiger partial charge >= 0.3 is 7.12 Å². The van der Waals surface area contributed by atoms with Crippen LogP contribution in [-0.2, 0) is 4.76 Å². The van der Waals surface area contributed by atoms with Gasteiger partial charge < -0.3 is 14.7 Å². The van der Waals surface area contributed by atoms with Crippen LogP contribution < -0.4 is 16.3 Å². The fraction of sp³-hybridized carbons (Fsp3) is 0. The molecule has 0 fully saturated rings. The molecule has 0 spiro atoms. The third-order valence-electron chi connectivity index (χ3n) is 6.03. The zero-order chi connectivity index (χ0) is 24.0. The van der Waals surface area contributed by atoms with Crippen molar-refractivity contribution in [2.45, 2.75) is 0 Å². The first-order valence-electron chi connectivity index (χ1n) is 11.5. The minimum absolute atomic E-state index is 0.593. The van der Waals surface area contributed by atoms with Crippen molar-refractivity contribution in [2.24, 2.45) is 5.90 Å². The van der Waals surface area contributed by atoms with E-state index in [4.69, 9.17) is 5.90 Å². The van der Waals surface area contributed by atoms with Gasteiger partial charge in [-0.1, -0.05) is 97.1 Å². The number of hydrogen-bond donors (Lipinski definition) is 2. The lowest BCUT2D eigenvalue weighted by atomic mass is 9.80. The van der Waals surface area contributed by atoms with Crippen LogP contribution in [0.3, 0.4) is 0 Å². The topological polar surface area (TPSA) is 58.7 Å². The van der Waals surface area contributed by atoms with Gasteiger partial charge in [0.2, 0.25) is 0 Å². The van der Waals surface area contributed by atoms with Crippen LogP contribution in [0.25, 0.3) is 22.3 Å². The lowest BCUT2D eigenvalue weighted by Crippen LogP contribution is -2.35. The zero-order valence-electron chi connectivity index (χ0n) is 19.2. The van der Waals surface area contributed by atoms with Crippen molar-refractivity contribution in [3.05, 3.63) is 133 Å². The molecule has 35 heavy (non-hydrogen) atoms. The summed E-state index contributed by atoms with van der Waals surface area (Å²) >= 11 is 0. The molecule has 5 heteroatoms. The Morgan fingerprint density at radius 2 is 0.829 bits per heavy atom. The summed E-state index contributed by atoms with van der Waals surface area (Å²) in [6.45, 7) is 0. The van der Waals surface area contributed by atoms with Crippen LogP contribution in [0.4, 0.5) is 17.1 Å². The summed E-state index contributed by atoms with van der Waals surface area (Å²) in [4.78, 5) is 2.18. The number of nitrogens with zero attached hydrogens (tertiary/aromatic N) is 1. The lowest BCUT2D eigenvalue weighted by Gasteiger charge is -2.26. The molecule has 5 aromatic carbocycles. The summed E-state index contributed by atoms with van der Waals surface area (Å²) in [6, 6.07) is 45.2. The Bertz CT molecular complexity index is 1280. The third kappa shape index (κ3) is 5.03. The van der Waals surface area contributed by atoms with Crippen LogP contribution in [0.5, 0.6) is 0 Å². The van der Waals surface area contributed by atoms with Crippen LogP contribution in [0.1, 0.15) is 0 Å². The van der Waals surface area contributed by atoms with Crippen molar-refractivity contribution in [1.29, 1.82) is 0 Å². The first kappa shape index (κ1) is 22.6. The van der Waals surface area contributed by atoms with Crippen LogP contribution in [0, 0.1) is 0 Å². The van der Waals surface area contributed by atoms with E-state index in [2.05, 4.69) is 82.5 Å². The van der Waals surface area contributed by atoms with E-state index in [1.54, 1.807) is 0 Å². The maximum absolute atomic E-state index is 9.91. The molecule has 0 saturated heterocycles. The molecule has 0 bridgehead atoms. The number of benzene rings is 5. The van der Waals surface area contributed by atoms with Gasteiger partial charge in [0.25, 0.3) is 0 Å². The van der Waals surface area contributed by atoms with Gasteiger partial charge in [0, 0.05) is 17.1 Å². The smallest absolute Gasteiger partial charge is 0.422 e. The Morgan fingerprint density at radius 1 is 0.486 bits per heavy atom. The fourth-order valence-corrected chi connectivity index (χ4v) is 4.18. The molecule has 0 radical (unpaired) electrons. The van der Waals surface area contributed by atoms with Crippen LogP contribution >= 0.6 is 0 Å². The molecule has 5 rings (SSSR count). The number of hydrogen-bond acceptors (Lipinski definition) is 4. The molecule has 0 aliphatic rings. The van der Waals surface area contributed by atoms with Crippen molar-refractivity contribution in [3.8, 4) is 22.3 Å². The highest BCUT2D eigenvalue weighted by molar-refractivity contribution is 6.59. The molecule has 0 amide bonds. The quantitative estimate of drug-likeness (QED) is 0.231. The molecule has 170 valence electrons. The van der Waals surface area contributed by atoms with Crippen molar-refractivity contribution in [1.82, 2.24) is 0 Å². The second-order valence-electron chi connectivity index (χ2n) is 8.24. The molecule has 0 aromatic heterocycles. The maximum atomic E-state index is 9.91. The molecule has 0 heterocycles. The first-order chi connectivity index (χ1) is 17.2. The van der Waals surface area contributed by atoms with E-state index in [0.29, 0.717) is 5.46 Å². The Kier molecular flexibility index (Phi) is 6.73. The van der Waals surface area contributed by atoms with Crippen molar-refractivity contribution < 1.29 is 9.78 Å². The van der Waals surface area contributed by atoms with E-state index in [-0.39, 0.29) is 0 Å². The minimum atomic E-state index is -1.16. The Morgan fingerprint density at radius 3 is 1.20 bits per heavy atom. The molecule has 0 saturated carbocycles. The molecule has 3 N–H and O–H groups in total. The maximum Gasteiger partial charge on any atom is 0.508 e. The van der Waals surface area contributed by atoms with Gasteiger partial charge in [-0.25, -0.2) is 5.90 Å². The summed E-state index contributed by atoms with van der Waals surface area (Å²) in [6.07, 6.45) is 0. The zero-order valence-corrected chi connectivity index (χ0v) is 19.2. The summed E-state index contributed by atoms with van der Waals surface area (Å²) < 4.78 is 4.56. The second kappa shape index (κ2) is 10.4. The minimum Gasteiger partial charge on any atom is -0.422 e. The Balaban J connectivity index is 1.53. The van der Waals surface area contributed by atoms with Gasteiger partial charge in [0.1, 0.15) is 0 Å². The van der Waals surface area contributed by atoms with Crippen molar-refractivity contribution in [2.75, 3.05) is 4.90 Å². The van der Waals surface area contributed by atoms with Crippen LogP contribution in [0.2, 0.25) is 0 Å². The molecular formula is C30H25BN2O2. The molecule has 4 nitrogen and oxygen atoms in total. The highest BCUT2D eigenvalue weighted by atomic mass is 16.6. The van der Waals surface area contributed by atoms with Gasteiger partial charge in [0.05, 0.1) is 0 Å². The van der Waals surface area contributed by atoms with Crippen molar-refractivity contribution in [3.63, 3.8) is 0 Å². The third-order valence-corrected chi connectivity index (χ3v) is 6.03. The van der Waals surface area contributed by atoms with Gasteiger partial charge in [-0.3, -0.25) is 0 Å². The summed E-state index contributed by atoms with van der Waals surface area (Å²) in [7, 11) is -1.16. The molecular weight excluding hydrogens is 431 g/mol. The van der Waals surface area contributed by atoms with E-state index < -0.39 is 7.12 Å². The van der Waals surface area contributed by atoms with E-state index in [1.165, 1.54) is 11.1 Å². The van der Waals surface area contributed by atoms with E-state index in [0.717, 1.165) is 28.2 Å². The summed E-state index contributed by atoms with van der Waals surface area (Å²) in [5.41, 5.74) is 8.28. The molecule has 0 aliphatic carbocycles. The number of anilines is 3. The van der Waals surface area contributed by atoms with Crippen LogP contribution in [0.15, 0.2) is 133 Å². The van der Waals surface area contributed by atoms with E-state index >= 15 is 0 Å². The number of nitrogens with two attached hydrogens (primary N) is 1. The van der Waals surface area contributed by atoms with E-state index in [1.807, 2.05) is 60.7 Å². The molecule has 0 unspecified atom stereocenters. The highest BCUT2D eigenvalue weighted by Gasteiger charge is 2.17. The van der Waals surface area contributed by atoms with Gasteiger partial charge in [-0.2, -0.15) is 0 Å². The summed E-state index contributed by atoms with van der Waals surface area (Å²) in [5.74, 6) is 5.15. The first-order valence-corrected chi connectivity index (χ1v) is 11.5. The van der Waals surface area contributed by atoms with Gasteiger partial charge in [0.15, 0.2) is 0 Å². The van der Waals surface area contributed by atoms with Crippen molar-refractivity contribution >= 4 is 29.6 Å². The molecule has 5 aromatic rings. The lowest BCUT2D eigenvalue weighted by molar-refractivity contribution is 0.281. The largest absolute Gasteiger partial charge is 0.508 e. The monoisotopic (exact) mass is 456 g/mol. The highest BCUT2D eigenvalue weighted by Crippen LogP contribution is 2.36. The average Bonchev–Trinajstić information content (AvgIpc) is 2.95. The standard InChI is InChI=1S/C30H25BN2O2/c32-35-31(34)27-15-21-30(22-16-27)33(28-17-11-25(12-18-28)23-7-3-1-4-8-23)29-19-13-26(14-20-29)24-9-5-2-6-10-24/h1-22,34H,32H2. The molecule has 0 aliphatic heterocycles. The Hall–Kier alpha value is -4.16. The average molecular weight is 456 g/mol. The van der Waals surface area contributed by atoms with Gasteiger partial charge in [-0.05, 0) is 64.1 Å². The van der Waals surface area contributed by atoms with E-state index in [9.17, 15) is 5.02 Å². The second-order valence-corrected chi connectivity index (χ2v) is 8.24. The summed E-state index contributed by atoms with van der Waals surface area (Å²) in [5, 5.41) is 9.91. The normalized spacial score (nSPS) is 10.7. The van der Waals surface area contributed by atoms with Gasteiger partial charge in [-0.15, -0.1) is 0 Å². The fourth-order valence-electron chi connectivity index (χ4n) is 4.18. The predicted octanol–water partition coefficient (Wildman–Crippen LogP) is 6.07.